The molecule has 1 aliphatic carbocycles. The Morgan fingerprint density at radius 2 is 1.72 bits per heavy atom. The molecule has 0 amide bonds. The highest BCUT2D eigenvalue weighted by atomic mass is 16.6. The van der Waals surface area contributed by atoms with Crippen molar-refractivity contribution in [1.82, 2.24) is 5.32 Å². The van der Waals surface area contributed by atoms with Crippen LogP contribution in [-0.2, 0) is 19.1 Å². The van der Waals surface area contributed by atoms with Crippen molar-refractivity contribution in [1.29, 1.82) is 0 Å². The van der Waals surface area contributed by atoms with Gasteiger partial charge in [0.05, 0.1) is 25.0 Å². The molecule has 32 heavy (non-hydrogen) atoms. The summed E-state index contributed by atoms with van der Waals surface area (Å²) in [5, 5.41) is 3.25. The van der Waals surface area contributed by atoms with Crippen molar-refractivity contribution in [2.45, 2.75) is 19.8 Å². The number of ketones is 1. The van der Waals surface area contributed by atoms with Crippen molar-refractivity contribution in [3.8, 4) is 5.75 Å². The average molecular weight is 433 g/mol. The molecule has 7 nitrogen and oxygen atoms in total. The zero-order chi connectivity index (χ0) is 22.8. The molecule has 1 heterocycles. The first-order valence-corrected chi connectivity index (χ1v) is 10.3. The van der Waals surface area contributed by atoms with Gasteiger partial charge in [0.25, 0.3) is 0 Å². The summed E-state index contributed by atoms with van der Waals surface area (Å²) in [5.74, 6) is -1.20. The number of hydrogen-bond acceptors (Lipinski definition) is 7. The lowest BCUT2D eigenvalue weighted by Gasteiger charge is -2.29. The number of hydrogen-bond donors (Lipinski definition) is 1. The fraction of sp³-hybridized carbons (Fsp3) is 0.240. The summed E-state index contributed by atoms with van der Waals surface area (Å²) in [4.78, 5) is 37.6. The molecule has 1 N–H and O–H groups in total. The summed E-state index contributed by atoms with van der Waals surface area (Å²) in [7, 11) is 1.32. The van der Waals surface area contributed by atoms with E-state index in [9.17, 15) is 14.4 Å². The number of rotatable bonds is 6. The molecule has 2 aliphatic rings. The maximum absolute atomic E-state index is 13.3. The number of Topliss-reactive ketones (excluding diaryl/α,β-unsaturated/α-hetero) is 1. The van der Waals surface area contributed by atoms with Gasteiger partial charge >= 0.3 is 11.9 Å². The summed E-state index contributed by atoms with van der Waals surface area (Å²) in [6.07, 6.45) is 0. The van der Waals surface area contributed by atoms with Gasteiger partial charge < -0.3 is 19.5 Å². The lowest BCUT2D eigenvalue weighted by molar-refractivity contribution is -0.145. The fourth-order valence-corrected chi connectivity index (χ4v) is 4.14. The molecule has 0 bridgehead atoms. The van der Waals surface area contributed by atoms with Gasteiger partial charge in [0.15, 0.2) is 12.4 Å². The highest BCUT2D eigenvalue weighted by molar-refractivity contribution is 6.23. The molecule has 0 fully saturated rings. The van der Waals surface area contributed by atoms with Crippen LogP contribution in [0.1, 0.15) is 41.3 Å². The van der Waals surface area contributed by atoms with Gasteiger partial charge in [-0.25, -0.2) is 9.59 Å². The predicted octanol–water partition coefficient (Wildman–Crippen LogP) is 3.37. The third-order valence-corrected chi connectivity index (χ3v) is 5.53. The van der Waals surface area contributed by atoms with Crippen LogP contribution >= 0.6 is 0 Å². The molecule has 4 rings (SSSR count). The van der Waals surface area contributed by atoms with E-state index in [-0.39, 0.29) is 19.0 Å². The van der Waals surface area contributed by atoms with Gasteiger partial charge in [0.1, 0.15) is 5.75 Å². The summed E-state index contributed by atoms with van der Waals surface area (Å²) in [6.45, 7) is 3.61. The highest BCUT2D eigenvalue weighted by Crippen LogP contribution is 2.46. The second kappa shape index (κ2) is 8.70. The number of nitrogens with one attached hydrogen (secondary N) is 1. The maximum Gasteiger partial charge on any atom is 0.344 e. The number of ether oxygens (including phenoxy) is 3. The first kappa shape index (κ1) is 21.4. The van der Waals surface area contributed by atoms with Crippen molar-refractivity contribution in [2.75, 3.05) is 20.3 Å². The van der Waals surface area contributed by atoms with Gasteiger partial charge in [-0.1, -0.05) is 36.4 Å². The molecule has 0 unspecified atom stereocenters. The first-order valence-electron chi connectivity index (χ1n) is 10.3. The Kier molecular flexibility index (Phi) is 5.81. The summed E-state index contributed by atoms with van der Waals surface area (Å²) < 4.78 is 15.4. The van der Waals surface area contributed by atoms with Crippen molar-refractivity contribution in [3.05, 3.63) is 82.1 Å². The standard InChI is InChI=1S/C25H23NO6/c1-4-31-19(27)13-32-16-11-9-15(10-12-16)21-20(25(29)30-3)14(2)26-23-17-7-5-6-8-18(17)24(28)22(21)23/h5-12,21,26H,4,13H2,1-3H3/t21-/m0/s1. The second-order valence-corrected chi connectivity index (χ2v) is 7.41. The summed E-state index contributed by atoms with van der Waals surface area (Å²) in [5.41, 5.74) is 4.39. The normalized spacial score (nSPS) is 16.8. The third-order valence-electron chi connectivity index (χ3n) is 5.53. The Morgan fingerprint density at radius 1 is 1.03 bits per heavy atom. The Labute approximate surface area is 185 Å². The number of allylic oxidation sites excluding steroid dienone is 2. The summed E-state index contributed by atoms with van der Waals surface area (Å²) >= 11 is 0. The molecule has 1 aliphatic heterocycles. The van der Waals surface area contributed by atoms with E-state index in [1.807, 2.05) is 18.2 Å². The van der Waals surface area contributed by atoms with Crippen molar-refractivity contribution in [2.24, 2.45) is 0 Å². The Bertz CT molecular complexity index is 1160. The van der Waals surface area contributed by atoms with Crippen LogP contribution in [0.15, 0.2) is 65.4 Å². The van der Waals surface area contributed by atoms with Crippen molar-refractivity contribution < 1.29 is 28.6 Å². The maximum atomic E-state index is 13.3. The number of benzene rings is 2. The highest BCUT2D eigenvalue weighted by Gasteiger charge is 2.42. The molecule has 0 saturated carbocycles. The molecule has 0 spiro atoms. The Balaban J connectivity index is 1.72. The van der Waals surface area contributed by atoms with E-state index in [0.717, 1.165) is 11.1 Å². The van der Waals surface area contributed by atoms with Crippen LogP contribution in [-0.4, -0.2) is 38.0 Å². The van der Waals surface area contributed by atoms with E-state index < -0.39 is 17.9 Å². The smallest absolute Gasteiger partial charge is 0.344 e. The van der Waals surface area contributed by atoms with E-state index in [1.165, 1.54) is 7.11 Å². The molecule has 164 valence electrons. The van der Waals surface area contributed by atoms with Gasteiger partial charge in [0, 0.05) is 28.3 Å². The fourth-order valence-electron chi connectivity index (χ4n) is 4.14. The zero-order valence-corrected chi connectivity index (χ0v) is 18.1. The minimum atomic E-state index is -0.599. The summed E-state index contributed by atoms with van der Waals surface area (Å²) in [6, 6.07) is 14.4. The molecule has 0 radical (unpaired) electrons. The van der Waals surface area contributed by atoms with Crippen LogP contribution in [0.5, 0.6) is 5.75 Å². The second-order valence-electron chi connectivity index (χ2n) is 7.41. The largest absolute Gasteiger partial charge is 0.482 e. The molecular weight excluding hydrogens is 410 g/mol. The van der Waals surface area contributed by atoms with Gasteiger partial charge in [-0.2, -0.15) is 0 Å². The van der Waals surface area contributed by atoms with E-state index in [1.54, 1.807) is 44.2 Å². The number of methoxy groups -OCH3 is 1. The number of fused-ring (bicyclic) bond motifs is 2. The minimum absolute atomic E-state index is 0.121. The monoisotopic (exact) mass is 433 g/mol. The first-order chi connectivity index (χ1) is 15.5. The molecule has 2 aromatic carbocycles. The SMILES string of the molecule is CCOC(=O)COc1ccc([C@H]2C(C(=O)OC)=C(C)NC3=C2C(=O)c2ccccc23)cc1. The lowest BCUT2D eigenvalue weighted by Crippen LogP contribution is -2.29. The molecule has 0 saturated heterocycles. The van der Waals surface area contributed by atoms with Crippen LogP contribution in [0.2, 0.25) is 0 Å². The van der Waals surface area contributed by atoms with E-state index in [0.29, 0.717) is 33.9 Å². The zero-order valence-electron chi connectivity index (χ0n) is 18.1. The molecule has 2 aromatic rings. The van der Waals surface area contributed by atoms with Gasteiger partial charge in [-0.15, -0.1) is 0 Å². The van der Waals surface area contributed by atoms with Crippen LogP contribution in [0.4, 0.5) is 0 Å². The average Bonchev–Trinajstić information content (AvgIpc) is 3.08. The van der Waals surface area contributed by atoms with Crippen LogP contribution < -0.4 is 10.1 Å². The minimum Gasteiger partial charge on any atom is -0.482 e. The van der Waals surface area contributed by atoms with Crippen molar-refractivity contribution >= 4 is 23.4 Å². The topological polar surface area (TPSA) is 90.9 Å². The van der Waals surface area contributed by atoms with Crippen molar-refractivity contribution in [3.63, 3.8) is 0 Å². The quantitative estimate of drug-likeness (QED) is 0.699. The molecule has 7 heteroatoms. The van der Waals surface area contributed by atoms with Gasteiger partial charge in [-0.3, -0.25) is 4.79 Å². The van der Waals surface area contributed by atoms with Crippen LogP contribution in [0, 0.1) is 0 Å². The Morgan fingerprint density at radius 3 is 2.38 bits per heavy atom. The number of carbonyl (C=O) groups is 3. The number of carbonyl (C=O) groups excluding carboxylic acids is 3. The molecule has 0 aromatic heterocycles. The molecular formula is C25H23NO6. The van der Waals surface area contributed by atoms with Crippen LogP contribution in [0.3, 0.4) is 0 Å². The number of esters is 2. The van der Waals surface area contributed by atoms with Gasteiger partial charge in [0.2, 0.25) is 0 Å². The molecule has 1 atom stereocenters. The van der Waals surface area contributed by atoms with E-state index in [2.05, 4.69) is 5.32 Å². The lowest BCUT2D eigenvalue weighted by atomic mass is 9.80. The predicted molar refractivity (Wildman–Crippen MR) is 117 cm³/mol. The van der Waals surface area contributed by atoms with Gasteiger partial charge in [-0.05, 0) is 31.5 Å². The Hall–Kier alpha value is -3.87. The number of dihydropyridines is 1. The van der Waals surface area contributed by atoms with E-state index in [4.69, 9.17) is 14.2 Å². The third kappa shape index (κ3) is 3.66. The van der Waals surface area contributed by atoms with E-state index >= 15 is 0 Å². The van der Waals surface area contributed by atoms with Crippen LogP contribution in [0.25, 0.3) is 5.70 Å².